The highest BCUT2D eigenvalue weighted by Crippen LogP contribution is 2.31. The number of ether oxygens (including phenoxy) is 1. The molecule has 0 amide bonds. The van der Waals surface area contributed by atoms with E-state index in [4.69, 9.17) is 4.74 Å². The van der Waals surface area contributed by atoms with E-state index >= 15 is 0 Å². The molecule has 2 aromatic carbocycles. The summed E-state index contributed by atoms with van der Waals surface area (Å²) in [6, 6.07) is 10.7. The Morgan fingerprint density at radius 2 is 1.82 bits per heavy atom. The smallest absolute Gasteiger partial charge is 0.238 e. The molecule has 0 spiro atoms. The number of aromatic nitrogens is 4. The van der Waals surface area contributed by atoms with Crippen molar-refractivity contribution in [2.45, 2.75) is 18.9 Å². The minimum absolute atomic E-state index is 0.0651. The summed E-state index contributed by atoms with van der Waals surface area (Å²) in [5.41, 5.74) is 2.42. The summed E-state index contributed by atoms with van der Waals surface area (Å²) in [7, 11) is -3.21. The monoisotopic (exact) mass is 536 g/mol. The summed E-state index contributed by atoms with van der Waals surface area (Å²) >= 11 is 0. The zero-order valence-electron chi connectivity index (χ0n) is 20.3. The molecule has 0 unspecified atom stereocenters. The van der Waals surface area contributed by atoms with E-state index in [1.807, 2.05) is 10.9 Å². The minimum Gasteiger partial charge on any atom is -0.437 e. The molecule has 3 heterocycles. The first-order chi connectivity index (χ1) is 18.2. The quantitative estimate of drug-likeness (QED) is 0.355. The summed E-state index contributed by atoms with van der Waals surface area (Å²) in [5.74, 6) is -1.48. The molecule has 9 nitrogen and oxygen atoms in total. The van der Waals surface area contributed by atoms with Crippen molar-refractivity contribution in [3.05, 3.63) is 78.4 Å². The predicted octanol–water partition coefficient (Wildman–Crippen LogP) is 4.55. The van der Waals surface area contributed by atoms with Crippen molar-refractivity contribution < 1.29 is 21.9 Å². The Balaban J connectivity index is 1.33. The molecule has 4 aromatic rings. The van der Waals surface area contributed by atoms with Crippen LogP contribution in [0, 0.1) is 23.0 Å². The first-order valence-corrected chi connectivity index (χ1v) is 13.6. The van der Waals surface area contributed by atoms with Crippen molar-refractivity contribution in [2.75, 3.05) is 19.3 Å². The SMILES string of the molecule is CS(=O)(=O)N1CCC(n2cc(-c3ccc(Oc4cncc(-c5ccc(F)c(F)c5)n4)cc3C#N)cn2)CC1. The van der Waals surface area contributed by atoms with Gasteiger partial charge in [-0.2, -0.15) is 10.4 Å². The number of piperidine rings is 1. The van der Waals surface area contributed by atoms with Crippen molar-refractivity contribution in [2.24, 2.45) is 0 Å². The average molecular weight is 537 g/mol. The number of nitrogens with zero attached hydrogens (tertiary/aromatic N) is 6. The summed E-state index contributed by atoms with van der Waals surface area (Å²) in [5, 5.41) is 14.2. The zero-order chi connectivity index (χ0) is 26.9. The van der Waals surface area contributed by atoms with E-state index in [1.54, 1.807) is 24.4 Å². The van der Waals surface area contributed by atoms with Gasteiger partial charge >= 0.3 is 0 Å². The molecular weight excluding hydrogens is 514 g/mol. The number of hydrogen-bond acceptors (Lipinski definition) is 7. The van der Waals surface area contributed by atoms with Gasteiger partial charge in [0, 0.05) is 36.0 Å². The first-order valence-electron chi connectivity index (χ1n) is 11.7. The van der Waals surface area contributed by atoms with E-state index in [9.17, 15) is 22.5 Å². The van der Waals surface area contributed by atoms with Gasteiger partial charge in [-0.1, -0.05) is 0 Å². The molecule has 1 saturated heterocycles. The van der Waals surface area contributed by atoms with Gasteiger partial charge in [-0.05, 0) is 49.2 Å². The third kappa shape index (κ3) is 5.39. The fraction of sp³-hybridized carbons (Fsp3) is 0.231. The van der Waals surface area contributed by atoms with Crippen molar-refractivity contribution >= 4 is 10.0 Å². The van der Waals surface area contributed by atoms with Crippen molar-refractivity contribution in [3.8, 4) is 40.1 Å². The Hall–Kier alpha value is -4.21. The van der Waals surface area contributed by atoms with Gasteiger partial charge in [0.25, 0.3) is 0 Å². The molecule has 1 fully saturated rings. The van der Waals surface area contributed by atoms with Gasteiger partial charge in [0.15, 0.2) is 11.6 Å². The van der Waals surface area contributed by atoms with Crippen molar-refractivity contribution in [1.29, 1.82) is 5.26 Å². The van der Waals surface area contributed by atoms with Crippen LogP contribution in [0.25, 0.3) is 22.4 Å². The van der Waals surface area contributed by atoms with Gasteiger partial charge in [0.2, 0.25) is 15.9 Å². The standard InChI is InChI=1S/C26H22F2N6O3S/c1-38(35,36)33-8-6-20(7-9-33)34-16-19(13-31-34)22-4-3-21(10-18(22)12-29)37-26-15-30-14-25(32-26)17-2-5-23(27)24(28)11-17/h2-5,10-11,13-16,20H,6-9H2,1H3. The fourth-order valence-electron chi connectivity index (χ4n) is 4.36. The third-order valence-electron chi connectivity index (χ3n) is 6.34. The molecule has 194 valence electrons. The molecule has 0 aliphatic carbocycles. The van der Waals surface area contributed by atoms with E-state index in [1.165, 1.54) is 29.0 Å². The Morgan fingerprint density at radius 1 is 1.03 bits per heavy atom. The second kappa shape index (κ2) is 10.3. The topological polar surface area (TPSA) is 114 Å². The van der Waals surface area contributed by atoms with Gasteiger partial charge in [-0.3, -0.25) is 9.67 Å². The number of benzene rings is 2. The highest BCUT2D eigenvalue weighted by molar-refractivity contribution is 7.88. The van der Waals surface area contributed by atoms with Crippen LogP contribution < -0.4 is 4.74 Å². The second-order valence-corrected chi connectivity index (χ2v) is 10.9. The lowest BCUT2D eigenvalue weighted by Crippen LogP contribution is -2.38. The molecule has 12 heteroatoms. The molecule has 0 bridgehead atoms. The van der Waals surface area contributed by atoms with Crippen molar-refractivity contribution in [1.82, 2.24) is 24.1 Å². The average Bonchev–Trinajstić information content (AvgIpc) is 3.40. The molecule has 1 aliphatic rings. The van der Waals surface area contributed by atoms with Gasteiger partial charge < -0.3 is 4.74 Å². The molecule has 38 heavy (non-hydrogen) atoms. The maximum Gasteiger partial charge on any atom is 0.238 e. The van der Waals surface area contributed by atoms with Crippen LogP contribution in [0.2, 0.25) is 0 Å². The van der Waals surface area contributed by atoms with Crippen LogP contribution in [0.4, 0.5) is 8.78 Å². The van der Waals surface area contributed by atoms with Crippen LogP contribution in [0.5, 0.6) is 11.6 Å². The van der Waals surface area contributed by atoms with E-state index in [0.29, 0.717) is 54.1 Å². The predicted molar refractivity (Wildman–Crippen MR) is 135 cm³/mol. The molecule has 0 radical (unpaired) electrons. The zero-order valence-corrected chi connectivity index (χ0v) is 21.1. The van der Waals surface area contributed by atoms with E-state index in [-0.39, 0.29) is 11.9 Å². The summed E-state index contributed by atoms with van der Waals surface area (Å²) in [4.78, 5) is 8.38. The van der Waals surface area contributed by atoms with E-state index in [2.05, 4.69) is 21.1 Å². The fourth-order valence-corrected chi connectivity index (χ4v) is 5.23. The van der Waals surface area contributed by atoms with Crippen LogP contribution in [-0.4, -0.2) is 51.8 Å². The van der Waals surface area contributed by atoms with Crippen LogP contribution >= 0.6 is 0 Å². The van der Waals surface area contributed by atoms with E-state index in [0.717, 1.165) is 17.7 Å². The molecule has 0 atom stereocenters. The Bertz CT molecular complexity index is 1640. The number of nitriles is 1. The van der Waals surface area contributed by atoms with Gasteiger partial charge in [-0.25, -0.2) is 26.5 Å². The van der Waals surface area contributed by atoms with Gasteiger partial charge in [-0.15, -0.1) is 0 Å². The molecule has 0 saturated carbocycles. The maximum absolute atomic E-state index is 13.6. The van der Waals surface area contributed by atoms with Crippen LogP contribution in [0.15, 0.2) is 61.2 Å². The normalized spacial score (nSPS) is 14.8. The summed E-state index contributed by atoms with van der Waals surface area (Å²) < 4.78 is 59.5. The van der Waals surface area contributed by atoms with E-state index < -0.39 is 21.7 Å². The summed E-state index contributed by atoms with van der Waals surface area (Å²) in [6.45, 7) is 0.878. The highest BCUT2D eigenvalue weighted by Gasteiger charge is 2.26. The first kappa shape index (κ1) is 25.4. The number of sulfonamides is 1. The lowest BCUT2D eigenvalue weighted by molar-refractivity contribution is 0.262. The largest absolute Gasteiger partial charge is 0.437 e. The lowest BCUT2D eigenvalue weighted by Gasteiger charge is -2.30. The Kier molecular flexibility index (Phi) is 6.88. The molecule has 5 rings (SSSR count). The van der Waals surface area contributed by atoms with Crippen LogP contribution in [-0.2, 0) is 10.0 Å². The summed E-state index contributed by atoms with van der Waals surface area (Å²) in [6.07, 6.45) is 8.83. The molecular formula is C26H22F2N6O3S. The van der Waals surface area contributed by atoms with Crippen LogP contribution in [0.3, 0.4) is 0 Å². The Morgan fingerprint density at radius 3 is 2.53 bits per heavy atom. The number of halogens is 2. The second-order valence-electron chi connectivity index (χ2n) is 8.89. The molecule has 2 aromatic heterocycles. The van der Waals surface area contributed by atoms with Gasteiger partial charge in [0.05, 0.1) is 48.2 Å². The molecule has 1 aliphatic heterocycles. The molecule has 0 N–H and O–H groups in total. The lowest BCUT2D eigenvalue weighted by atomic mass is 10.0. The maximum atomic E-state index is 13.6. The highest BCUT2D eigenvalue weighted by atomic mass is 32.2. The third-order valence-corrected chi connectivity index (χ3v) is 7.64. The van der Waals surface area contributed by atoms with Crippen LogP contribution in [0.1, 0.15) is 24.4 Å². The number of hydrogen-bond donors (Lipinski definition) is 0. The minimum atomic E-state index is -3.21. The Labute approximate surface area is 218 Å². The van der Waals surface area contributed by atoms with Crippen molar-refractivity contribution in [3.63, 3.8) is 0 Å². The number of rotatable bonds is 6. The van der Waals surface area contributed by atoms with Gasteiger partial charge in [0.1, 0.15) is 5.75 Å².